The number of amides is 1. The van der Waals surface area contributed by atoms with Gasteiger partial charge in [-0.1, -0.05) is 23.5 Å². The first-order chi connectivity index (χ1) is 13.1. The maximum atomic E-state index is 11.5. The molecule has 3 aromatic rings. The second-order valence-electron chi connectivity index (χ2n) is 6.79. The number of ether oxygens (including phenoxy) is 1. The smallest absolute Gasteiger partial charge is 0.235 e. The number of piperidine rings is 1. The van der Waals surface area contributed by atoms with Crippen molar-refractivity contribution >= 4 is 22.2 Å². The molecule has 0 saturated carbocycles. The maximum absolute atomic E-state index is 11.5. The number of hydrogen-bond donors (Lipinski definition) is 3. The summed E-state index contributed by atoms with van der Waals surface area (Å²) in [5.41, 5.74) is 6.53. The summed E-state index contributed by atoms with van der Waals surface area (Å²) < 4.78 is 6.85. The standard InChI is InChI=1S/C18H21N5O3S/c1-26-13-4-2-3-12(9-13)14(22-7-5-11(6-8-22)16(19)24)15-17(25)23-18(27-15)20-10-21-23/h2-4,9-11,14,25H,5-8H2,1H3,(H2,19,24)/p+1/t14-/m0/s1. The van der Waals surface area contributed by atoms with Gasteiger partial charge in [0, 0.05) is 24.3 Å². The molecule has 1 aromatic carbocycles. The third kappa shape index (κ3) is 3.24. The van der Waals surface area contributed by atoms with E-state index in [0.29, 0.717) is 4.96 Å². The van der Waals surface area contributed by atoms with Gasteiger partial charge in [0.25, 0.3) is 0 Å². The lowest BCUT2D eigenvalue weighted by Crippen LogP contribution is -3.13. The Morgan fingerprint density at radius 3 is 2.89 bits per heavy atom. The molecule has 1 atom stereocenters. The Kier molecular flexibility index (Phi) is 4.71. The van der Waals surface area contributed by atoms with E-state index in [1.54, 1.807) is 7.11 Å². The highest BCUT2D eigenvalue weighted by molar-refractivity contribution is 7.17. The van der Waals surface area contributed by atoms with Gasteiger partial charge < -0.3 is 20.5 Å². The molecule has 1 saturated heterocycles. The molecule has 1 amide bonds. The Bertz CT molecular complexity index is 961. The van der Waals surface area contributed by atoms with Crippen LogP contribution >= 0.6 is 11.3 Å². The number of carbonyl (C=O) groups excluding carboxylic acids is 1. The molecule has 8 nitrogen and oxygen atoms in total. The summed E-state index contributed by atoms with van der Waals surface area (Å²) in [4.78, 5) is 18.5. The number of rotatable bonds is 5. The average Bonchev–Trinajstić information content (AvgIpc) is 3.26. The molecule has 0 unspecified atom stereocenters. The van der Waals surface area contributed by atoms with Gasteiger partial charge in [-0.15, -0.1) is 0 Å². The van der Waals surface area contributed by atoms with E-state index in [1.807, 2.05) is 24.3 Å². The molecular formula is C18H22N5O3S+. The summed E-state index contributed by atoms with van der Waals surface area (Å²) >= 11 is 1.43. The minimum absolute atomic E-state index is 0.0735. The summed E-state index contributed by atoms with van der Waals surface area (Å²) in [5, 5.41) is 14.9. The second-order valence-corrected chi connectivity index (χ2v) is 7.80. The van der Waals surface area contributed by atoms with Gasteiger partial charge >= 0.3 is 0 Å². The van der Waals surface area contributed by atoms with Gasteiger partial charge in [0.05, 0.1) is 20.2 Å². The van der Waals surface area contributed by atoms with Crippen LogP contribution in [0.3, 0.4) is 0 Å². The summed E-state index contributed by atoms with van der Waals surface area (Å²) in [5.74, 6) is 0.581. The molecule has 9 heteroatoms. The number of benzene rings is 1. The van der Waals surface area contributed by atoms with E-state index in [-0.39, 0.29) is 23.7 Å². The summed E-state index contributed by atoms with van der Waals surface area (Å²) in [6, 6.07) is 7.79. The van der Waals surface area contributed by atoms with E-state index in [1.165, 1.54) is 27.1 Å². The molecule has 0 spiro atoms. The molecule has 27 heavy (non-hydrogen) atoms. The van der Waals surface area contributed by atoms with Crippen LogP contribution in [-0.2, 0) is 4.79 Å². The molecule has 0 bridgehead atoms. The SMILES string of the molecule is COc1cccc([C@@H](c2sc3ncnn3c2O)[NH+]2CCC(C(N)=O)CC2)c1. The van der Waals surface area contributed by atoms with Gasteiger partial charge in [0.15, 0.2) is 6.04 Å². The van der Waals surface area contributed by atoms with E-state index in [9.17, 15) is 9.90 Å². The van der Waals surface area contributed by atoms with Crippen LogP contribution in [-0.4, -0.2) is 45.8 Å². The van der Waals surface area contributed by atoms with Crippen molar-refractivity contribution in [1.29, 1.82) is 0 Å². The number of quaternary nitrogens is 1. The largest absolute Gasteiger partial charge is 0.497 e. The highest BCUT2D eigenvalue weighted by atomic mass is 32.1. The van der Waals surface area contributed by atoms with Gasteiger partial charge in [0.1, 0.15) is 17.0 Å². The van der Waals surface area contributed by atoms with Gasteiger partial charge in [-0.25, -0.2) is 4.98 Å². The van der Waals surface area contributed by atoms with Gasteiger partial charge in [-0.05, 0) is 12.1 Å². The van der Waals surface area contributed by atoms with Crippen LogP contribution in [0.2, 0.25) is 0 Å². The predicted molar refractivity (Wildman–Crippen MR) is 100.0 cm³/mol. The van der Waals surface area contributed by atoms with E-state index in [4.69, 9.17) is 10.5 Å². The third-order valence-corrected chi connectivity index (χ3v) is 6.37. The molecule has 1 aliphatic heterocycles. The van der Waals surface area contributed by atoms with Crippen molar-refractivity contribution in [2.24, 2.45) is 11.7 Å². The quantitative estimate of drug-likeness (QED) is 0.586. The topological polar surface area (TPSA) is 107 Å². The molecule has 4 rings (SSSR count). The molecular weight excluding hydrogens is 366 g/mol. The monoisotopic (exact) mass is 388 g/mol. The normalized spacial score (nSPS) is 21.2. The van der Waals surface area contributed by atoms with Crippen LogP contribution in [0.15, 0.2) is 30.6 Å². The molecule has 0 aliphatic carbocycles. The number of methoxy groups -OCH3 is 1. The zero-order chi connectivity index (χ0) is 19.0. The van der Waals surface area contributed by atoms with Crippen LogP contribution in [0.1, 0.15) is 29.3 Å². The molecule has 4 N–H and O–H groups in total. The van der Waals surface area contributed by atoms with Crippen molar-refractivity contribution in [2.45, 2.75) is 18.9 Å². The van der Waals surface area contributed by atoms with Gasteiger partial charge in [0.2, 0.25) is 16.7 Å². The highest BCUT2D eigenvalue weighted by Gasteiger charge is 2.36. The number of fused-ring (bicyclic) bond motifs is 1. The lowest BCUT2D eigenvalue weighted by Gasteiger charge is -2.33. The Morgan fingerprint density at radius 2 is 2.22 bits per heavy atom. The summed E-state index contributed by atoms with van der Waals surface area (Å²) in [6.07, 6.45) is 2.92. The number of hydrogen-bond acceptors (Lipinski definition) is 6. The van der Waals surface area contributed by atoms with Crippen molar-refractivity contribution < 1.29 is 19.5 Å². The van der Waals surface area contributed by atoms with Gasteiger partial charge in [-0.3, -0.25) is 4.79 Å². The second kappa shape index (κ2) is 7.16. The van der Waals surface area contributed by atoms with Crippen molar-refractivity contribution in [1.82, 2.24) is 14.6 Å². The zero-order valence-electron chi connectivity index (χ0n) is 15.0. The lowest BCUT2D eigenvalue weighted by molar-refractivity contribution is -0.930. The minimum Gasteiger partial charge on any atom is -0.497 e. The fraction of sp³-hybridized carbons (Fsp3) is 0.389. The van der Waals surface area contributed by atoms with Crippen LogP contribution in [0.4, 0.5) is 0 Å². The maximum Gasteiger partial charge on any atom is 0.235 e. The average molecular weight is 388 g/mol. The van der Waals surface area contributed by atoms with Crippen molar-refractivity contribution in [2.75, 3.05) is 20.2 Å². The summed E-state index contributed by atoms with van der Waals surface area (Å²) in [6.45, 7) is 1.59. The number of primary amides is 1. The Labute approximate surface area is 160 Å². The third-order valence-electron chi connectivity index (χ3n) is 5.27. The first-order valence-corrected chi connectivity index (χ1v) is 9.69. The number of nitrogens with zero attached hydrogens (tertiary/aromatic N) is 3. The van der Waals surface area contributed by atoms with Crippen LogP contribution in [0.25, 0.3) is 4.96 Å². The number of nitrogens with two attached hydrogens (primary N) is 1. The van der Waals surface area contributed by atoms with E-state index in [0.717, 1.165) is 42.1 Å². The lowest BCUT2D eigenvalue weighted by atomic mass is 9.93. The molecule has 142 valence electrons. The van der Waals surface area contributed by atoms with Crippen molar-refractivity contribution in [3.8, 4) is 11.6 Å². The molecule has 3 heterocycles. The van der Waals surface area contributed by atoms with Gasteiger partial charge in [-0.2, -0.15) is 9.61 Å². The molecule has 1 fully saturated rings. The Morgan fingerprint density at radius 1 is 1.44 bits per heavy atom. The predicted octanol–water partition coefficient (Wildman–Crippen LogP) is 0.375. The fourth-order valence-corrected chi connectivity index (χ4v) is 4.95. The van der Waals surface area contributed by atoms with Crippen LogP contribution in [0, 0.1) is 5.92 Å². The van der Waals surface area contributed by atoms with E-state index >= 15 is 0 Å². The highest BCUT2D eigenvalue weighted by Crippen LogP contribution is 2.35. The first kappa shape index (κ1) is 17.7. The number of likely N-dealkylation sites (tertiary alicyclic amines) is 1. The molecule has 1 aliphatic rings. The number of nitrogens with one attached hydrogen (secondary N) is 1. The number of thiazole rings is 1. The number of aromatic nitrogens is 3. The Balaban J connectivity index is 1.74. The fourth-order valence-electron chi connectivity index (χ4n) is 3.84. The number of carbonyl (C=O) groups is 1. The minimum atomic E-state index is -0.228. The van der Waals surface area contributed by atoms with Crippen molar-refractivity contribution in [3.05, 3.63) is 41.0 Å². The first-order valence-electron chi connectivity index (χ1n) is 8.87. The Hall–Kier alpha value is -2.65. The summed E-state index contributed by atoms with van der Waals surface area (Å²) in [7, 11) is 1.64. The van der Waals surface area contributed by atoms with Crippen molar-refractivity contribution in [3.63, 3.8) is 0 Å². The van der Waals surface area contributed by atoms with Crippen LogP contribution in [0.5, 0.6) is 11.6 Å². The van der Waals surface area contributed by atoms with Crippen LogP contribution < -0.4 is 15.4 Å². The molecule has 2 aromatic heterocycles. The zero-order valence-corrected chi connectivity index (χ0v) is 15.8. The number of aromatic hydroxyl groups is 1. The van der Waals surface area contributed by atoms with E-state index in [2.05, 4.69) is 10.1 Å². The molecule has 0 radical (unpaired) electrons. The van der Waals surface area contributed by atoms with E-state index < -0.39 is 0 Å².